The molecule has 0 spiro atoms. The second-order valence-corrected chi connectivity index (χ2v) is 13.1. The minimum atomic E-state index is -3.99. The number of rotatable bonds is 5. The number of aliphatic hydroxyl groups is 1. The fourth-order valence-electron chi connectivity index (χ4n) is 4.83. The van der Waals surface area contributed by atoms with Gasteiger partial charge in [0.25, 0.3) is 10.0 Å². The van der Waals surface area contributed by atoms with Crippen LogP contribution in [0.5, 0.6) is 0 Å². The Morgan fingerprint density at radius 2 is 1.44 bits per heavy atom. The Morgan fingerprint density at radius 3 is 2.00 bits per heavy atom. The molecule has 2 aromatic carbocycles. The van der Waals surface area contributed by atoms with E-state index in [1.54, 1.807) is 0 Å². The normalized spacial score (nSPS) is 23.0. The quantitative estimate of drug-likeness (QED) is 0.529. The molecule has 2 bridgehead atoms. The Hall–Kier alpha value is -1.95. The van der Waals surface area contributed by atoms with E-state index in [-0.39, 0.29) is 28.7 Å². The van der Waals surface area contributed by atoms with Gasteiger partial charge < -0.3 is 5.11 Å². The van der Waals surface area contributed by atoms with Crippen molar-refractivity contribution < 1.29 is 21.9 Å². The van der Waals surface area contributed by atoms with E-state index < -0.39 is 32.1 Å². The van der Waals surface area contributed by atoms with Crippen molar-refractivity contribution in [3.63, 3.8) is 0 Å². The lowest BCUT2D eigenvalue weighted by atomic mass is 9.80. The van der Waals surface area contributed by atoms with E-state index in [2.05, 4.69) is 5.10 Å². The molecule has 3 aromatic rings. The predicted molar refractivity (Wildman–Crippen MR) is 127 cm³/mol. The Labute approximate surface area is 207 Å². The van der Waals surface area contributed by atoms with Crippen molar-refractivity contribution in [2.24, 2.45) is 5.92 Å². The first-order chi connectivity index (χ1) is 16.1. The van der Waals surface area contributed by atoms with Gasteiger partial charge in [-0.15, -0.1) is 0 Å². The topological polar surface area (TPSA) is 110 Å². The Kier molecular flexibility index (Phi) is 6.02. The Balaban J connectivity index is 1.59. The molecule has 3 atom stereocenters. The SMILES string of the molecule is O=S(=O)(c1ccc(Cl)cc1)N1C2Cc3nn(S(=O)(=O)c4ccc(Cl)cc4)cc3C1CC(CO)C2. The third-order valence-corrected chi connectivity index (χ3v) is 10.5. The van der Waals surface area contributed by atoms with Crippen LogP contribution < -0.4 is 0 Å². The van der Waals surface area contributed by atoms with E-state index in [0.29, 0.717) is 34.1 Å². The van der Waals surface area contributed by atoms with Crippen molar-refractivity contribution >= 4 is 43.2 Å². The smallest absolute Gasteiger partial charge is 0.282 e. The first-order valence-corrected chi connectivity index (χ1v) is 14.2. The number of piperidine rings is 1. The van der Waals surface area contributed by atoms with E-state index in [4.69, 9.17) is 23.2 Å². The minimum absolute atomic E-state index is 0.0265. The fraction of sp³-hybridized carbons (Fsp3) is 0.318. The van der Waals surface area contributed by atoms with Gasteiger partial charge >= 0.3 is 0 Å². The highest BCUT2D eigenvalue weighted by atomic mass is 35.5. The lowest BCUT2D eigenvalue weighted by molar-refractivity contribution is 0.0814. The summed E-state index contributed by atoms with van der Waals surface area (Å²) in [6.45, 7) is -0.0750. The Bertz CT molecular complexity index is 1440. The molecule has 180 valence electrons. The highest BCUT2D eigenvalue weighted by Gasteiger charge is 2.48. The molecule has 0 aliphatic carbocycles. The molecule has 8 nitrogen and oxygen atoms in total. The summed E-state index contributed by atoms with van der Waals surface area (Å²) in [6.07, 6.45) is 2.46. The van der Waals surface area contributed by atoms with Crippen LogP contribution in [-0.4, -0.2) is 48.1 Å². The van der Waals surface area contributed by atoms with Crippen molar-refractivity contribution in [2.45, 2.75) is 41.1 Å². The molecule has 34 heavy (non-hydrogen) atoms. The second kappa shape index (κ2) is 8.61. The summed E-state index contributed by atoms with van der Waals surface area (Å²) in [5.74, 6) is -0.101. The van der Waals surface area contributed by atoms with Gasteiger partial charge in [-0.1, -0.05) is 23.2 Å². The van der Waals surface area contributed by atoms with Crippen LogP contribution in [0.25, 0.3) is 0 Å². The van der Waals surface area contributed by atoms with Gasteiger partial charge in [-0.3, -0.25) is 0 Å². The molecule has 3 heterocycles. The predicted octanol–water partition coefficient (Wildman–Crippen LogP) is 3.49. The van der Waals surface area contributed by atoms with E-state index >= 15 is 0 Å². The zero-order chi connectivity index (χ0) is 24.3. The number of halogens is 2. The molecular weight excluding hydrogens is 521 g/mol. The number of sulfonamides is 1. The maximum Gasteiger partial charge on any atom is 0.282 e. The van der Waals surface area contributed by atoms with Crippen molar-refractivity contribution in [1.29, 1.82) is 0 Å². The molecule has 1 aromatic heterocycles. The van der Waals surface area contributed by atoms with Crippen LogP contribution in [0.4, 0.5) is 0 Å². The van der Waals surface area contributed by atoms with Crippen molar-refractivity contribution in [3.05, 3.63) is 76.0 Å². The third-order valence-electron chi connectivity index (χ3n) is 6.42. The van der Waals surface area contributed by atoms with Gasteiger partial charge in [0.05, 0.1) is 21.5 Å². The van der Waals surface area contributed by atoms with Gasteiger partial charge in [0.15, 0.2) is 0 Å². The molecule has 1 saturated heterocycles. The van der Waals surface area contributed by atoms with Crippen LogP contribution in [0.3, 0.4) is 0 Å². The van der Waals surface area contributed by atoms with Gasteiger partial charge in [-0.2, -0.15) is 21.9 Å². The fourth-order valence-corrected chi connectivity index (χ4v) is 8.05. The summed E-state index contributed by atoms with van der Waals surface area (Å²) in [5, 5.41) is 15.0. The minimum Gasteiger partial charge on any atom is -0.396 e. The summed E-state index contributed by atoms with van der Waals surface area (Å²) in [4.78, 5) is 0.137. The zero-order valence-electron chi connectivity index (χ0n) is 17.8. The summed E-state index contributed by atoms with van der Waals surface area (Å²) in [6, 6.07) is 10.6. The number of fused-ring (bicyclic) bond motifs is 4. The van der Waals surface area contributed by atoms with Gasteiger partial charge in [-0.25, -0.2) is 8.42 Å². The number of hydrogen-bond acceptors (Lipinski definition) is 6. The molecule has 0 radical (unpaired) electrons. The maximum atomic E-state index is 13.6. The summed E-state index contributed by atoms with van der Waals surface area (Å²) < 4.78 is 56.0. The highest BCUT2D eigenvalue weighted by molar-refractivity contribution is 7.90. The van der Waals surface area contributed by atoms with Gasteiger partial charge in [0, 0.05) is 40.9 Å². The number of aromatic nitrogens is 2. The van der Waals surface area contributed by atoms with Crippen molar-refractivity contribution in [3.8, 4) is 0 Å². The number of aliphatic hydroxyl groups excluding tert-OH is 1. The van der Waals surface area contributed by atoms with Crippen LogP contribution >= 0.6 is 23.2 Å². The first-order valence-electron chi connectivity index (χ1n) is 10.6. The lowest BCUT2D eigenvalue weighted by Gasteiger charge is -2.46. The lowest BCUT2D eigenvalue weighted by Crippen LogP contribution is -2.52. The van der Waals surface area contributed by atoms with Crippen LogP contribution in [0.1, 0.15) is 30.1 Å². The molecule has 3 unspecified atom stereocenters. The van der Waals surface area contributed by atoms with Crippen LogP contribution in [0.2, 0.25) is 10.0 Å². The standard InChI is InChI=1S/C22H21Cl2N3O5S2/c23-15-1-5-18(6-2-15)33(29,30)26-12-20-21(25-26)11-17-9-14(13-28)10-22(20)27(17)34(31,32)19-7-3-16(24)4-8-19/h1-8,12,14,17,22,28H,9-11,13H2. The molecular formula is C22H21Cl2N3O5S2. The monoisotopic (exact) mass is 541 g/mol. The second-order valence-electron chi connectivity index (χ2n) is 8.55. The molecule has 0 saturated carbocycles. The molecule has 5 rings (SSSR count). The molecule has 1 fully saturated rings. The largest absolute Gasteiger partial charge is 0.396 e. The van der Waals surface area contributed by atoms with E-state index in [1.807, 2.05) is 0 Å². The third kappa shape index (κ3) is 3.96. The van der Waals surface area contributed by atoms with Gasteiger partial charge in [-0.05, 0) is 67.3 Å². The maximum absolute atomic E-state index is 13.6. The molecule has 2 aliphatic heterocycles. The summed E-state index contributed by atoms with van der Waals surface area (Å²) in [5.41, 5.74) is 1.08. The van der Waals surface area contributed by atoms with Crippen molar-refractivity contribution in [1.82, 2.24) is 13.5 Å². The number of nitrogens with zero attached hydrogens (tertiary/aromatic N) is 3. The summed E-state index contributed by atoms with van der Waals surface area (Å²) in [7, 11) is -7.90. The first kappa shape index (κ1) is 23.8. The Morgan fingerprint density at radius 1 is 0.882 bits per heavy atom. The van der Waals surface area contributed by atoms with E-state index in [1.165, 1.54) is 59.0 Å². The van der Waals surface area contributed by atoms with Crippen LogP contribution in [-0.2, 0) is 26.5 Å². The molecule has 12 heteroatoms. The average molecular weight is 542 g/mol. The molecule has 0 amide bonds. The highest BCUT2D eigenvalue weighted by Crippen LogP contribution is 2.46. The van der Waals surface area contributed by atoms with E-state index in [0.717, 1.165) is 4.09 Å². The number of benzene rings is 2. The van der Waals surface area contributed by atoms with Gasteiger partial charge in [0.1, 0.15) is 0 Å². The van der Waals surface area contributed by atoms with Crippen molar-refractivity contribution in [2.75, 3.05) is 6.61 Å². The summed E-state index contributed by atoms with van der Waals surface area (Å²) >= 11 is 11.8. The molecule has 1 N–H and O–H groups in total. The van der Waals surface area contributed by atoms with Crippen LogP contribution in [0.15, 0.2) is 64.5 Å². The van der Waals surface area contributed by atoms with E-state index in [9.17, 15) is 21.9 Å². The molecule has 2 aliphatic rings. The zero-order valence-corrected chi connectivity index (χ0v) is 20.9. The average Bonchev–Trinajstić information content (AvgIpc) is 3.24. The van der Waals surface area contributed by atoms with Gasteiger partial charge in [0.2, 0.25) is 10.0 Å². The van der Waals surface area contributed by atoms with Crippen LogP contribution in [0, 0.1) is 5.92 Å². The number of hydrogen-bond donors (Lipinski definition) is 1.